The second-order valence-corrected chi connectivity index (χ2v) is 6.92. The Kier molecular flexibility index (Phi) is 8.77. The first kappa shape index (κ1) is 23.6. The van der Waals surface area contributed by atoms with Gasteiger partial charge in [0.1, 0.15) is 0 Å². The lowest BCUT2D eigenvalue weighted by atomic mass is 10.3. The Balaban J connectivity index is 0.000000151. The second kappa shape index (κ2) is 10.4. The first-order chi connectivity index (χ1) is 13.1. The van der Waals surface area contributed by atoms with Gasteiger partial charge in [0.25, 0.3) is 0 Å². The SMILES string of the molecule is C1COC2(CC2)CN1.FC(F)(F)[C@@H]1CNCCO1.FC(F)(F)[C@H]1CNCCO1. The highest BCUT2D eigenvalue weighted by molar-refractivity contribution is 4.99. The van der Waals surface area contributed by atoms with Crippen LogP contribution in [0.15, 0.2) is 0 Å². The summed E-state index contributed by atoms with van der Waals surface area (Å²) in [4.78, 5) is 0. The summed E-state index contributed by atoms with van der Waals surface area (Å²) in [5.41, 5.74) is 0.318. The number of rotatable bonds is 0. The Morgan fingerprint density at radius 2 is 1.14 bits per heavy atom. The highest BCUT2D eigenvalue weighted by Crippen LogP contribution is 2.39. The first-order valence-corrected chi connectivity index (χ1v) is 9.25. The fourth-order valence-corrected chi connectivity index (χ4v) is 2.72. The van der Waals surface area contributed by atoms with E-state index < -0.39 is 24.6 Å². The predicted molar refractivity (Wildman–Crippen MR) is 88.1 cm³/mol. The minimum atomic E-state index is -4.21. The zero-order valence-corrected chi connectivity index (χ0v) is 15.4. The molecule has 1 spiro atoms. The van der Waals surface area contributed by atoms with Gasteiger partial charge in [0.2, 0.25) is 0 Å². The van der Waals surface area contributed by atoms with Gasteiger partial charge < -0.3 is 30.2 Å². The number of morpholine rings is 3. The molecule has 12 heteroatoms. The lowest BCUT2D eigenvalue weighted by Gasteiger charge is -2.25. The summed E-state index contributed by atoms with van der Waals surface area (Å²) in [5.74, 6) is 0. The average molecular weight is 423 g/mol. The Hall–Kier alpha value is -0.660. The molecule has 4 fully saturated rings. The van der Waals surface area contributed by atoms with Gasteiger partial charge in [-0.15, -0.1) is 0 Å². The van der Waals surface area contributed by atoms with Crippen LogP contribution in [0.3, 0.4) is 0 Å². The topological polar surface area (TPSA) is 63.8 Å². The molecular weight excluding hydrogens is 396 g/mol. The van der Waals surface area contributed by atoms with Crippen molar-refractivity contribution in [1.29, 1.82) is 0 Å². The van der Waals surface area contributed by atoms with E-state index in [1.807, 2.05) is 0 Å². The van der Waals surface area contributed by atoms with E-state index in [1.54, 1.807) is 0 Å². The van der Waals surface area contributed by atoms with E-state index in [0.717, 1.165) is 19.7 Å². The van der Waals surface area contributed by atoms with Crippen LogP contribution in [-0.4, -0.2) is 89.3 Å². The molecule has 0 unspecified atom stereocenters. The van der Waals surface area contributed by atoms with Gasteiger partial charge in [-0.3, -0.25) is 0 Å². The van der Waals surface area contributed by atoms with Crippen LogP contribution in [0.25, 0.3) is 0 Å². The van der Waals surface area contributed by atoms with E-state index in [9.17, 15) is 26.3 Å². The number of hydrogen-bond donors (Lipinski definition) is 3. The molecule has 0 aromatic carbocycles. The molecule has 3 N–H and O–H groups in total. The molecule has 4 rings (SSSR count). The molecule has 166 valence electrons. The fraction of sp³-hybridized carbons (Fsp3) is 1.00. The fourth-order valence-electron chi connectivity index (χ4n) is 2.72. The molecule has 3 saturated heterocycles. The van der Waals surface area contributed by atoms with Crippen molar-refractivity contribution in [3.8, 4) is 0 Å². The quantitative estimate of drug-likeness (QED) is 0.510. The minimum Gasteiger partial charge on any atom is -0.372 e. The third-order valence-corrected chi connectivity index (χ3v) is 4.53. The van der Waals surface area contributed by atoms with Crippen molar-refractivity contribution in [3.63, 3.8) is 0 Å². The molecule has 0 aromatic rings. The van der Waals surface area contributed by atoms with Gasteiger partial charge >= 0.3 is 12.4 Å². The summed E-state index contributed by atoms with van der Waals surface area (Å²) in [6, 6.07) is 0. The summed E-state index contributed by atoms with van der Waals surface area (Å²) in [5, 5.41) is 8.51. The van der Waals surface area contributed by atoms with Crippen LogP contribution in [0.2, 0.25) is 0 Å². The monoisotopic (exact) mass is 423 g/mol. The van der Waals surface area contributed by atoms with Crippen LogP contribution in [0.1, 0.15) is 12.8 Å². The molecule has 3 aliphatic heterocycles. The second-order valence-electron chi connectivity index (χ2n) is 6.92. The third kappa shape index (κ3) is 8.37. The predicted octanol–water partition coefficient (Wildman–Crippen LogP) is 1.21. The molecule has 0 aromatic heterocycles. The molecule has 2 atom stereocenters. The maximum absolute atomic E-state index is 11.8. The number of hydrogen-bond acceptors (Lipinski definition) is 6. The number of alkyl halides is 6. The van der Waals surface area contributed by atoms with Crippen LogP contribution in [-0.2, 0) is 14.2 Å². The van der Waals surface area contributed by atoms with Crippen molar-refractivity contribution in [1.82, 2.24) is 16.0 Å². The molecular formula is C16H27F6N3O3. The summed E-state index contributed by atoms with van der Waals surface area (Å²) >= 11 is 0. The molecule has 0 radical (unpaired) electrons. The van der Waals surface area contributed by atoms with E-state index in [-0.39, 0.29) is 26.3 Å². The number of halogens is 6. The maximum Gasteiger partial charge on any atom is 0.415 e. The highest BCUT2D eigenvalue weighted by Gasteiger charge is 2.45. The molecule has 0 bridgehead atoms. The Labute approximate surface area is 159 Å². The van der Waals surface area contributed by atoms with Crippen LogP contribution >= 0.6 is 0 Å². The van der Waals surface area contributed by atoms with Gasteiger partial charge in [-0.2, -0.15) is 26.3 Å². The summed E-state index contributed by atoms with van der Waals surface area (Å²) in [6.07, 6.45) is -9.09. The van der Waals surface area contributed by atoms with Crippen molar-refractivity contribution in [2.45, 2.75) is 43.0 Å². The lowest BCUT2D eigenvalue weighted by Crippen LogP contribution is -2.46. The van der Waals surface area contributed by atoms with E-state index in [4.69, 9.17) is 4.74 Å². The smallest absolute Gasteiger partial charge is 0.372 e. The summed E-state index contributed by atoms with van der Waals surface area (Å²) < 4.78 is 85.1. The normalized spacial score (nSPS) is 29.8. The van der Waals surface area contributed by atoms with Crippen molar-refractivity contribution < 1.29 is 40.6 Å². The van der Waals surface area contributed by atoms with Crippen molar-refractivity contribution in [2.24, 2.45) is 0 Å². The zero-order valence-electron chi connectivity index (χ0n) is 15.4. The molecule has 4 aliphatic rings. The average Bonchev–Trinajstić information content (AvgIpc) is 3.42. The maximum atomic E-state index is 11.8. The van der Waals surface area contributed by atoms with Crippen LogP contribution in [0.5, 0.6) is 0 Å². The molecule has 1 aliphatic carbocycles. The van der Waals surface area contributed by atoms with Gasteiger partial charge in [-0.1, -0.05) is 0 Å². The molecule has 3 heterocycles. The molecule has 1 saturated carbocycles. The van der Waals surface area contributed by atoms with Gasteiger partial charge in [0.15, 0.2) is 12.2 Å². The molecule has 6 nitrogen and oxygen atoms in total. The van der Waals surface area contributed by atoms with Gasteiger partial charge in [0.05, 0.1) is 25.4 Å². The largest absolute Gasteiger partial charge is 0.415 e. The summed E-state index contributed by atoms with van der Waals surface area (Å²) in [7, 11) is 0. The highest BCUT2D eigenvalue weighted by atomic mass is 19.4. The van der Waals surface area contributed by atoms with E-state index in [1.165, 1.54) is 12.8 Å². The zero-order chi connectivity index (χ0) is 20.7. The third-order valence-electron chi connectivity index (χ3n) is 4.53. The minimum absolute atomic E-state index is 0.122. The van der Waals surface area contributed by atoms with Crippen molar-refractivity contribution >= 4 is 0 Å². The summed E-state index contributed by atoms with van der Waals surface area (Å²) in [6.45, 7) is 4.11. The Bertz CT molecular complexity index is 412. The Morgan fingerprint density at radius 1 is 0.679 bits per heavy atom. The van der Waals surface area contributed by atoms with Crippen LogP contribution in [0.4, 0.5) is 26.3 Å². The van der Waals surface area contributed by atoms with Gasteiger partial charge in [-0.05, 0) is 12.8 Å². The van der Waals surface area contributed by atoms with E-state index >= 15 is 0 Å². The number of ether oxygens (including phenoxy) is 3. The lowest BCUT2D eigenvalue weighted by molar-refractivity contribution is -0.225. The van der Waals surface area contributed by atoms with Crippen molar-refractivity contribution in [3.05, 3.63) is 0 Å². The first-order valence-electron chi connectivity index (χ1n) is 9.25. The van der Waals surface area contributed by atoms with Crippen molar-refractivity contribution in [2.75, 3.05) is 59.1 Å². The van der Waals surface area contributed by atoms with E-state index in [0.29, 0.717) is 18.7 Å². The Morgan fingerprint density at radius 3 is 1.36 bits per heavy atom. The van der Waals surface area contributed by atoms with Gasteiger partial charge in [0, 0.05) is 39.3 Å². The molecule has 0 amide bonds. The van der Waals surface area contributed by atoms with Gasteiger partial charge in [-0.25, -0.2) is 0 Å². The van der Waals surface area contributed by atoms with Crippen LogP contribution < -0.4 is 16.0 Å². The van der Waals surface area contributed by atoms with E-state index in [2.05, 4.69) is 25.4 Å². The van der Waals surface area contributed by atoms with Crippen LogP contribution in [0, 0.1) is 0 Å². The number of nitrogens with one attached hydrogen (secondary N) is 3. The standard InChI is InChI=1S/C6H11NO.2C5H8F3NO/c1-2-6(1)5-7-3-4-8-6;2*6-5(7,8)4-3-9-1-2-10-4/h7H,1-5H2;2*4,9H,1-3H2/t;2*4-/m.10/s1. The molecule has 28 heavy (non-hydrogen) atoms.